The normalized spacial score (nSPS) is 22.1. The van der Waals surface area contributed by atoms with Gasteiger partial charge in [0.2, 0.25) is 0 Å². The Morgan fingerprint density at radius 2 is 2.11 bits per heavy atom. The van der Waals surface area contributed by atoms with Gasteiger partial charge in [0.15, 0.2) is 11.2 Å². The maximum Gasteiger partial charge on any atom is 0.326 e. The van der Waals surface area contributed by atoms with Gasteiger partial charge in [-0.2, -0.15) is 0 Å². The summed E-state index contributed by atoms with van der Waals surface area (Å²) in [5.41, 5.74) is -1.71. The fourth-order valence-corrected chi connectivity index (χ4v) is 2.21. The monoisotopic (exact) mass is 254 g/mol. The molecule has 1 aliphatic carbocycles. The Morgan fingerprint density at radius 3 is 2.67 bits per heavy atom. The van der Waals surface area contributed by atoms with Gasteiger partial charge in [-0.25, -0.2) is 8.78 Å². The fraction of sp³-hybridized carbons (Fsp3) is 0.385. The highest BCUT2D eigenvalue weighted by molar-refractivity contribution is 6.16. The maximum absolute atomic E-state index is 13.3. The van der Waals surface area contributed by atoms with E-state index in [2.05, 4.69) is 4.74 Å². The van der Waals surface area contributed by atoms with Gasteiger partial charge < -0.3 is 4.74 Å². The summed E-state index contributed by atoms with van der Waals surface area (Å²) in [5, 5.41) is 0. The molecule has 1 aliphatic rings. The molecule has 18 heavy (non-hydrogen) atoms. The van der Waals surface area contributed by atoms with Crippen molar-refractivity contribution in [2.75, 3.05) is 6.61 Å². The van der Waals surface area contributed by atoms with Crippen LogP contribution >= 0.6 is 0 Å². The van der Waals surface area contributed by atoms with Crippen LogP contribution in [0, 0.1) is 5.41 Å². The molecule has 1 aromatic rings. The molecule has 0 aromatic heterocycles. The molecule has 0 bridgehead atoms. The van der Waals surface area contributed by atoms with Crippen LogP contribution < -0.4 is 0 Å². The predicted octanol–water partition coefficient (Wildman–Crippen LogP) is 2.24. The van der Waals surface area contributed by atoms with Crippen molar-refractivity contribution in [1.82, 2.24) is 0 Å². The summed E-state index contributed by atoms with van der Waals surface area (Å²) in [4.78, 5) is 23.9. The van der Waals surface area contributed by atoms with Crippen LogP contribution in [0.25, 0.3) is 0 Å². The molecule has 1 unspecified atom stereocenters. The van der Waals surface area contributed by atoms with Crippen LogP contribution in [0.15, 0.2) is 24.3 Å². The number of carbonyl (C=O) groups excluding carboxylic acids is 2. The highest BCUT2D eigenvalue weighted by atomic mass is 19.3. The van der Waals surface area contributed by atoms with Crippen molar-refractivity contribution in [3.05, 3.63) is 35.4 Å². The first kappa shape index (κ1) is 12.7. The number of rotatable bonds is 3. The number of carbonyl (C=O) groups is 2. The lowest BCUT2D eigenvalue weighted by Gasteiger charge is -2.23. The molecule has 5 heteroatoms. The van der Waals surface area contributed by atoms with Gasteiger partial charge in [0.25, 0.3) is 6.43 Å². The summed E-state index contributed by atoms with van der Waals surface area (Å²) in [5.74, 6) is -1.98. The first-order valence-electron chi connectivity index (χ1n) is 5.62. The van der Waals surface area contributed by atoms with E-state index in [1.165, 1.54) is 13.0 Å². The van der Waals surface area contributed by atoms with Crippen LogP contribution in [0.3, 0.4) is 0 Å². The van der Waals surface area contributed by atoms with Gasteiger partial charge in [0.1, 0.15) is 0 Å². The van der Waals surface area contributed by atoms with Crippen LogP contribution in [0.2, 0.25) is 0 Å². The smallest absolute Gasteiger partial charge is 0.326 e. The van der Waals surface area contributed by atoms with Gasteiger partial charge >= 0.3 is 5.97 Å². The van der Waals surface area contributed by atoms with E-state index in [-0.39, 0.29) is 18.6 Å². The van der Waals surface area contributed by atoms with Gasteiger partial charge in [0, 0.05) is 12.0 Å². The van der Waals surface area contributed by atoms with Crippen molar-refractivity contribution in [2.45, 2.75) is 19.8 Å². The molecule has 0 saturated heterocycles. The lowest BCUT2D eigenvalue weighted by molar-refractivity contribution is -0.159. The number of halogens is 2. The number of hydrogen-bond donors (Lipinski definition) is 0. The fourth-order valence-electron chi connectivity index (χ4n) is 2.21. The summed E-state index contributed by atoms with van der Waals surface area (Å²) in [7, 11) is 0. The predicted molar refractivity (Wildman–Crippen MR) is 59.5 cm³/mol. The minimum atomic E-state index is -3.07. The van der Waals surface area contributed by atoms with Crippen LogP contribution in [0.1, 0.15) is 22.8 Å². The average molecular weight is 254 g/mol. The van der Waals surface area contributed by atoms with Crippen LogP contribution in [0.5, 0.6) is 0 Å². The number of Topliss-reactive ketones (excluding diaryl/α,β-unsaturated/α-hetero) is 1. The molecular formula is C13H12F2O3. The van der Waals surface area contributed by atoms with Crippen molar-refractivity contribution in [2.24, 2.45) is 5.41 Å². The summed E-state index contributed by atoms with van der Waals surface area (Å²) in [6, 6.07) is 6.28. The highest BCUT2D eigenvalue weighted by Gasteiger charge is 2.59. The summed E-state index contributed by atoms with van der Waals surface area (Å²) in [6.07, 6.45) is -3.37. The molecule has 3 nitrogen and oxygen atoms in total. The van der Waals surface area contributed by atoms with E-state index in [9.17, 15) is 18.4 Å². The van der Waals surface area contributed by atoms with Crippen molar-refractivity contribution < 1.29 is 23.1 Å². The zero-order valence-electron chi connectivity index (χ0n) is 9.78. The largest absolute Gasteiger partial charge is 0.465 e. The molecule has 0 aliphatic heterocycles. The second-order valence-electron chi connectivity index (χ2n) is 4.16. The second kappa shape index (κ2) is 4.48. The minimum absolute atomic E-state index is 0.0308. The SMILES string of the molecule is CCOC(=O)C1(C(F)F)Cc2ccccc2C1=O. The van der Waals surface area contributed by atoms with Crippen molar-refractivity contribution in [3.8, 4) is 0 Å². The van der Waals surface area contributed by atoms with Crippen molar-refractivity contribution >= 4 is 11.8 Å². The Morgan fingerprint density at radius 1 is 1.44 bits per heavy atom. The maximum atomic E-state index is 13.3. The lowest BCUT2D eigenvalue weighted by Crippen LogP contribution is -2.45. The molecule has 0 N–H and O–H groups in total. The Balaban J connectivity index is 2.48. The lowest BCUT2D eigenvalue weighted by atomic mass is 9.84. The van der Waals surface area contributed by atoms with Gasteiger partial charge in [-0.05, 0) is 12.5 Å². The minimum Gasteiger partial charge on any atom is -0.465 e. The van der Waals surface area contributed by atoms with E-state index >= 15 is 0 Å². The molecule has 0 heterocycles. The Bertz CT molecular complexity index is 499. The first-order valence-corrected chi connectivity index (χ1v) is 5.62. The first-order chi connectivity index (χ1) is 8.54. The van der Waals surface area contributed by atoms with Crippen LogP contribution in [-0.2, 0) is 16.0 Å². The summed E-state index contributed by atoms with van der Waals surface area (Å²) < 4.78 is 31.2. The zero-order chi connectivity index (χ0) is 13.3. The molecular weight excluding hydrogens is 242 g/mol. The van der Waals surface area contributed by atoms with E-state index in [4.69, 9.17) is 0 Å². The van der Waals surface area contributed by atoms with E-state index in [1.807, 2.05) is 0 Å². The van der Waals surface area contributed by atoms with Gasteiger partial charge in [-0.15, -0.1) is 0 Å². The van der Waals surface area contributed by atoms with E-state index in [0.717, 1.165) is 0 Å². The van der Waals surface area contributed by atoms with Gasteiger partial charge in [0.05, 0.1) is 6.61 Å². The molecule has 0 spiro atoms. The molecule has 0 amide bonds. The molecule has 1 atom stereocenters. The Kier molecular flexibility index (Phi) is 3.15. The quantitative estimate of drug-likeness (QED) is 0.613. The topological polar surface area (TPSA) is 43.4 Å². The Hall–Kier alpha value is -1.78. The third-order valence-electron chi connectivity index (χ3n) is 3.15. The molecule has 0 fully saturated rings. The second-order valence-corrected chi connectivity index (χ2v) is 4.16. The molecule has 96 valence electrons. The number of fused-ring (bicyclic) bond motifs is 1. The molecule has 0 radical (unpaired) electrons. The summed E-state index contributed by atoms with van der Waals surface area (Å²) >= 11 is 0. The van der Waals surface area contributed by atoms with Gasteiger partial charge in [-0.1, -0.05) is 24.3 Å². The molecule has 2 rings (SSSR count). The number of benzene rings is 1. The van der Waals surface area contributed by atoms with Crippen molar-refractivity contribution in [3.63, 3.8) is 0 Å². The third kappa shape index (κ3) is 1.62. The van der Waals surface area contributed by atoms with Gasteiger partial charge in [-0.3, -0.25) is 9.59 Å². The summed E-state index contributed by atoms with van der Waals surface area (Å²) in [6.45, 7) is 1.49. The van der Waals surface area contributed by atoms with E-state index in [1.54, 1.807) is 18.2 Å². The average Bonchev–Trinajstić information content (AvgIpc) is 2.65. The zero-order valence-corrected chi connectivity index (χ0v) is 9.78. The standard InChI is InChI=1S/C13H12F2O3/c1-2-18-12(17)13(11(14)15)7-8-5-3-4-6-9(8)10(13)16/h3-6,11H,2,7H2,1H3. The number of esters is 1. The Labute approximate surface area is 103 Å². The number of ketones is 1. The van der Waals surface area contributed by atoms with E-state index in [0.29, 0.717) is 5.56 Å². The third-order valence-corrected chi connectivity index (χ3v) is 3.15. The van der Waals surface area contributed by atoms with Crippen LogP contribution in [-0.4, -0.2) is 24.8 Å². The molecule has 0 saturated carbocycles. The number of ether oxygens (including phenoxy) is 1. The van der Waals surface area contributed by atoms with Crippen LogP contribution in [0.4, 0.5) is 8.78 Å². The number of hydrogen-bond acceptors (Lipinski definition) is 3. The number of alkyl halides is 2. The molecule has 1 aromatic carbocycles. The van der Waals surface area contributed by atoms with E-state index < -0.39 is 23.6 Å². The van der Waals surface area contributed by atoms with Crippen molar-refractivity contribution in [1.29, 1.82) is 0 Å². The highest BCUT2D eigenvalue weighted by Crippen LogP contribution is 2.42.